The fraction of sp³-hybridized carbons (Fsp3) is 0. The van der Waals surface area contributed by atoms with Crippen LogP contribution in [-0.2, 0) is 88.7 Å². The third-order valence-corrected chi connectivity index (χ3v) is 0. The summed E-state index contributed by atoms with van der Waals surface area (Å²) in [6.07, 6.45) is 0. The Morgan fingerprint density at radius 1 is 0.429 bits per heavy atom. The van der Waals surface area contributed by atoms with Crippen molar-refractivity contribution in [2.45, 2.75) is 0 Å². The first-order valence-corrected chi connectivity index (χ1v) is 11.6. The third-order valence-electron chi connectivity index (χ3n) is 0. The summed E-state index contributed by atoms with van der Waals surface area (Å²) in [5.41, 5.74) is 0. The third kappa shape index (κ3) is 209. The van der Waals surface area contributed by atoms with E-state index in [1.165, 1.54) is 0 Å². The Morgan fingerprint density at radius 3 is 0.429 bits per heavy atom. The van der Waals surface area contributed by atoms with Crippen LogP contribution in [0.4, 0.5) is 17.3 Å². The van der Waals surface area contributed by atoms with E-state index in [-0.39, 0.29) is 56.1 Å². The number of hydrogen-bond donors (Lipinski definition) is 0. The molecule has 0 N–H and O–H groups in total. The van der Waals surface area contributed by atoms with Crippen LogP contribution in [0, 0.1) is 0 Å². The molecule has 0 spiro atoms. The number of rotatable bonds is 0. The standard InChI is InChI=1S/10FH.K.3Y/h10*1H;;;;/q;;;;;;;;;;+1;3*+3/p-10. The number of hydrogen-bond acceptors (Lipinski definition) is 0. The summed E-state index contributed by atoms with van der Waals surface area (Å²) in [5.74, 6) is 0. The molecule has 0 saturated carbocycles. The molecular formula is F10KY3. The van der Waals surface area contributed by atoms with Gasteiger partial charge in [0, 0.05) is 0 Å². The van der Waals surface area contributed by atoms with E-state index in [0.29, 0.717) is 0 Å². The van der Waals surface area contributed by atoms with Gasteiger partial charge in [-0.2, -0.15) is 0 Å². The molecule has 0 unspecified atom stereocenters. The molecule has 0 saturated heterocycles. The van der Waals surface area contributed by atoms with Gasteiger partial charge in [-0.1, -0.05) is 0 Å². The van der Waals surface area contributed by atoms with Gasteiger partial charge in [-0.05, 0) is 0 Å². The first kappa shape index (κ1) is 30.9. The van der Waals surface area contributed by atoms with Crippen molar-refractivity contribution in [3.63, 3.8) is 0 Å². The molecule has 14 heteroatoms. The summed E-state index contributed by atoms with van der Waals surface area (Å²) < 4.78 is 88.9. The zero-order valence-electron chi connectivity index (χ0n) is 6.51. The first-order chi connectivity index (χ1) is 5.20. The van der Waals surface area contributed by atoms with Crippen molar-refractivity contribution in [1.29, 1.82) is 0 Å². The zero-order chi connectivity index (χ0) is 10.7. The van der Waals surface area contributed by atoms with E-state index in [4.69, 9.17) is 0 Å². The molecule has 0 aromatic carbocycles. The molecule has 0 fully saturated rings. The zero-order valence-corrected chi connectivity index (χ0v) is 18.1. The molecular weight excluding hydrogens is 496 g/mol. The summed E-state index contributed by atoms with van der Waals surface area (Å²) in [6, 6.07) is 0. The van der Waals surface area contributed by atoms with E-state index in [0.717, 1.165) is 0 Å². The van der Waals surface area contributed by atoms with Crippen LogP contribution in [0.1, 0.15) is 0 Å². The molecule has 0 radical (unpaired) electrons. The van der Waals surface area contributed by atoms with Crippen molar-refractivity contribution in [3.05, 3.63) is 0 Å². The Labute approximate surface area is 157 Å². The maximum Gasteiger partial charge on any atom is 1.00 e. The SMILES string of the molecule is [F-].[F][Y]([F])[F].[F][Y]([F])[F].[F][Y]([F])[F].[K+]. The van der Waals surface area contributed by atoms with Gasteiger partial charge < -0.3 is 4.70 Å². The fourth-order valence-electron chi connectivity index (χ4n) is 0. The molecule has 0 bridgehead atoms. The van der Waals surface area contributed by atoms with Crippen molar-refractivity contribution in [1.82, 2.24) is 0 Å². The normalized spacial score (nSPS) is 5.79. The van der Waals surface area contributed by atoms with E-state index in [1.807, 2.05) is 0 Å². The Morgan fingerprint density at radius 2 is 0.429 bits per heavy atom. The van der Waals surface area contributed by atoms with Crippen molar-refractivity contribution in [3.8, 4) is 0 Å². The van der Waals surface area contributed by atoms with E-state index < -0.39 is 88.7 Å². The monoisotopic (exact) mass is 496 g/mol. The molecule has 0 aliphatic carbocycles. The second-order valence-electron chi connectivity index (χ2n) is 0.742. The van der Waals surface area contributed by atoms with Gasteiger partial charge >= 0.3 is 157 Å². The van der Waals surface area contributed by atoms with E-state index in [9.17, 15) is 17.3 Å². The van der Waals surface area contributed by atoms with Gasteiger partial charge in [0.05, 0.1) is 0 Å². The molecule has 0 aromatic rings. The molecule has 0 rings (SSSR count). The van der Waals surface area contributed by atoms with Crippen molar-refractivity contribution < 1.29 is 162 Å². The van der Waals surface area contributed by atoms with Crippen LogP contribution in [0.5, 0.6) is 0 Å². The van der Waals surface area contributed by atoms with Gasteiger partial charge in [-0.25, -0.2) is 0 Å². The molecule has 0 nitrogen and oxygen atoms in total. The minimum atomic E-state index is -5.14. The predicted octanol–water partition coefficient (Wildman–Crippen LogP) is -2.22. The maximum atomic E-state index is 9.88. The van der Waals surface area contributed by atoms with Gasteiger partial charge in [-0.15, -0.1) is 0 Å². The second-order valence-corrected chi connectivity index (χ2v) is 4.39. The number of halogens is 10. The van der Waals surface area contributed by atoms with Crippen molar-refractivity contribution >= 4 is 0 Å². The molecule has 0 heterocycles. The molecule has 0 aliphatic rings. The van der Waals surface area contributed by atoms with Gasteiger partial charge in [0.1, 0.15) is 0 Å². The molecule has 0 atom stereocenters. The predicted molar refractivity (Wildman–Crippen MR) is 9.97 cm³/mol. The molecule has 0 aromatic heterocycles. The van der Waals surface area contributed by atoms with E-state index >= 15 is 0 Å². The summed E-state index contributed by atoms with van der Waals surface area (Å²) in [6.45, 7) is 0. The van der Waals surface area contributed by atoms with E-state index in [2.05, 4.69) is 0 Å². The Bertz CT molecular complexity index is 43.9. The summed E-state index contributed by atoms with van der Waals surface area (Å²) in [4.78, 5) is 0. The van der Waals surface area contributed by atoms with Crippen LogP contribution in [-0.4, -0.2) is 0 Å². The molecule has 0 amide bonds. The fourth-order valence-corrected chi connectivity index (χ4v) is 0. The average molecular weight is 496 g/mol. The van der Waals surface area contributed by atoms with Gasteiger partial charge in [-0.3, -0.25) is 0 Å². The van der Waals surface area contributed by atoms with Gasteiger partial charge in [0.15, 0.2) is 0 Å². The smallest absolute Gasteiger partial charge is 1.00 e. The van der Waals surface area contributed by atoms with Crippen LogP contribution in [0.15, 0.2) is 0 Å². The van der Waals surface area contributed by atoms with E-state index in [1.54, 1.807) is 0 Å². The van der Waals surface area contributed by atoms with Gasteiger partial charge in [0.2, 0.25) is 0 Å². The maximum absolute atomic E-state index is 9.88. The van der Waals surface area contributed by atoms with Crippen LogP contribution >= 0.6 is 0 Å². The van der Waals surface area contributed by atoms with Crippen LogP contribution in [0.2, 0.25) is 0 Å². The van der Waals surface area contributed by atoms with Crippen molar-refractivity contribution in [2.24, 2.45) is 0 Å². The van der Waals surface area contributed by atoms with Crippen LogP contribution in [0.25, 0.3) is 0 Å². The molecule has 80 valence electrons. The average Bonchev–Trinajstić information content (AvgIpc) is 1.54. The van der Waals surface area contributed by atoms with Crippen LogP contribution in [0.3, 0.4) is 0 Å². The Kier molecular flexibility index (Phi) is 57.3. The topological polar surface area (TPSA) is 0 Å². The summed E-state index contributed by atoms with van der Waals surface area (Å²) in [5, 5.41) is 0. The quantitative estimate of drug-likeness (QED) is 0.264. The minimum Gasteiger partial charge on any atom is 1.00 e. The van der Waals surface area contributed by atoms with Gasteiger partial charge in [0.25, 0.3) is 0 Å². The first-order valence-electron chi connectivity index (χ1n) is 1.96. The second kappa shape index (κ2) is 25.9. The van der Waals surface area contributed by atoms with Crippen molar-refractivity contribution in [2.75, 3.05) is 0 Å². The summed E-state index contributed by atoms with van der Waals surface area (Å²) >= 11 is -15.4. The van der Waals surface area contributed by atoms with Crippen LogP contribution < -0.4 is 56.1 Å². The molecule has 0 aliphatic heterocycles. The Balaban J connectivity index is -0.0000000270. The molecule has 14 heavy (non-hydrogen) atoms. The summed E-state index contributed by atoms with van der Waals surface area (Å²) in [7, 11) is 0. The minimum absolute atomic E-state index is 0. The largest absolute Gasteiger partial charge is 1.00 e. The Hall–Kier alpha value is 4.25.